The number of hydrogen-bond acceptors (Lipinski definition) is 3. The number of amides is 1. The maximum Gasteiger partial charge on any atom is 0.323 e. The minimum absolute atomic E-state index is 0.0887. The lowest BCUT2D eigenvalue weighted by Gasteiger charge is -2.23. The Morgan fingerprint density at radius 3 is 2.55 bits per heavy atom. The van der Waals surface area contributed by atoms with Crippen LogP contribution in [0.3, 0.4) is 0 Å². The van der Waals surface area contributed by atoms with E-state index in [2.05, 4.69) is 0 Å². The normalized spacial score (nSPS) is 20.0. The average Bonchev–Trinajstić information content (AvgIpc) is 3.23. The fraction of sp³-hybridized carbons (Fsp3) is 0.500. The number of nitrogens with zero attached hydrogens (tertiary/aromatic N) is 2. The zero-order valence-corrected chi connectivity index (χ0v) is 13.6. The molecule has 1 amide bonds. The van der Waals surface area contributed by atoms with Crippen LogP contribution in [0.2, 0.25) is 5.02 Å². The molecule has 2 unspecified atom stereocenters. The standard InChI is InChI=1S/C16H21ClN2O3/c1-18(2)7-8-19(10-15(20)21)16(22)13-9-12(13)11-5-3-4-6-14(11)17/h3-6,12-13H,7-10H2,1-2H3,(H,20,21). The first kappa shape index (κ1) is 16.8. The van der Waals surface area contributed by atoms with Crippen molar-refractivity contribution in [2.75, 3.05) is 33.7 Å². The van der Waals surface area contributed by atoms with Crippen molar-refractivity contribution in [3.8, 4) is 0 Å². The fourth-order valence-electron chi connectivity index (χ4n) is 2.57. The molecule has 0 aromatic heterocycles. The van der Waals surface area contributed by atoms with Gasteiger partial charge in [0.2, 0.25) is 5.91 Å². The molecule has 2 rings (SSSR count). The first-order valence-corrected chi connectivity index (χ1v) is 7.67. The van der Waals surface area contributed by atoms with Gasteiger partial charge in [0.25, 0.3) is 0 Å². The smallest absolute Gasteiger partial charge is 0.323 e. The van der Waals surface area contributed by atoms with Gasteiger partial charge in [-0.15, -0.1) is 0 Å². The van der Waals surface area contributed by atoms with Gasteiger partial charge in [0.1, 0.15) is 6.54 Å². The van der Waals surface area contributed by atoms with Gasteiger partial charge in [-0.2, -0.15) is 0 Å². The SMILES string of the molecule is CN(C)CCN(CC(=O)O)C(=O)C1CC1c1ccccc1Cl. The van der Waals surface area contributed by atoms with Crippen LogP contribution < -0.4 is 0 Å². The number of likely N-dealkylation sites (N-methyl/N-ethyl adjacent to an activating group) is 1. The van der Waals surface area contributed by atoms with E-state index >= 15 is 0 Å². The molecule has 1 aromatic carbocycles. The molecular weight excluding hydrogens is 304 g/mol. The lowest BCUT2D eigenvalue weighted by atomic mass is 10.1. The second-order valence-electron chi connectivity index (χ2n) is 5.93. The highest BCUT2D eigenvalue weighted by molar-refractivity contribution is 6.31. The fourth-order valence-corrected chi connectivity index (χ4v) is 2.85. The molecule has 2 atom stereocenters. The van der Waals surface area contributed by atoms with Crippen LogP contribution in [0.25, 0.3) is 0 Å². The van der Waals surface area contributed by atoms with Crippen LogP contribution in [-0.4, -0.2) is 60.5 Å². The van der Waals surface area contributed by atoms with Crippen molar-refractivity contribution in [1.29, 1.82) is 0 Å². The summed E-state index contributed by atoms with van der Waals surface area (Å²) < 4.78 is 0. The Kier molecular flexibility index (Phi) is 5.42. The van der Waals surface area contributed by atoms with Gasteiger partial charge in [0.05, 0.1) is 0 Å². The maximum atomic E-state index is 12.5. The van der Waals surface area contributed by atoms with Crippen LogP contribution in [0.5, 0.6) is 0 Å². The van der Waals surface area contributed by atoms with Gasteiger partial charge in [0.15, 0.2) is 0 Å². The largest absolute Gasteiger partial charge is 0.480 e. The summed E-state index contributed by atoms with van der Waals surface area (Å²) in [6.07, 6.45) is 0.737. The van der Waals surface area contributed by atoms with Crippen LogP contribution in [0.1, 0.15) is 17.9 Å². The number of carboxylic acids is 1. The molecule has 0 saturated heterocycles. The van der Waals surface area contributed by atoms with Crippen molar-refractivity contribution in [3.63, 3.8) is 0 Å². The Morgan fingerprint density at radius 2 is 1.95 bits per heavy atom. The summed E-state index contributed by atoms with van der Waals surface area (Å²) in [4.78, 5) is 26.9. The van der Waals surface area contributed by atoms with E-state index in [1.807, 2.05) is 43.3 Å². The highest BCUT2D eigenvalue weighted by Gasteiger charge is 2.46. The molecule has 6 heteroatoms. The molecule has 5 nitrogen and oxygen atoms in total. The molecule has 1 aliphatic rings. The average molecular weight is 325 g/mol. The molecule has 120 valence electrons. The highest BCUT2D eigenvalue weighted by Crippen LogP contribution is 2.50. The van der Waals surface area contributed by atoms with E-state index < -0.39 is 5.97 Å². The van der Waals surface area contributed by atoms with Gasteiger partial charge in [-0.3, -0.25) is 9.59 Å². The third kappa shape index (κ3) is 4.21. The van der Waals surface area contributed by atoms with Crippen molar-refractivity contribution >= 4 is 23.5 Å². The summed E-state index contributed by atoms with van der Waals surface area (Å²) in [5.41, 5.74) is 0.977. The number of carboxylic acid groups (broad SMARTS) is 1. The number of rotatable bonds is 7. The minimum Gasteiger partial charge on any atom is -0.480 e. The first-order chi connectivity index (χ1) is 10.4. The summed E-state index contributed by atoms with van der Waals surface area (Å²) in [6.45, 7) is 0.810. The monoisotopic (exact) mass is 324 g/mol. The lowest BCUT2D eigenvalue weighted by molar-refractivity contribution is -0.145. The zero-order chi connectivity index (χ0) is 16.3. The van der Waals surface area contributed by atoms with Crippen LogP contribution in [0.4, 0.5) is 0 Å². The van der Waals surface area contributed by atoms with Crippen molar-refractivity contribution in [2.45, 2.75) is 12.3 Å². The van der Waals surface area contributed by atoms with E-state index in [4.69, 9.17) is 16.7 Å². The third-order valence-electron chi connectivity index (χ3n) is 3.87. The molecule has 1 N–H and O–H groups in total. The summed E-state index contributed by atoms with van der Waals surface area (Å²) >= 11 is 6.17. The topological polar surface area (TPSA) is 60.9 Å². The number of halogens is 1. The number of hydrogen-bond donors (Lipinski definition) is 1. The highest BCUT2D eigenvalue weighted by atomic mass is 35.5. The quantitative estimate of drug-likeness (QED) is 0.832. The zero-order valence-electron chi connectivity index (χ0n) is 12.8. The van der Waals surface area contributed by atoms with Gasteiger partial charge in [0, 0.05) is 24.0 Å². The summed E-state index contributed by atoms with van der Waals surface area (Å²) in [5.74, 6) is -1.12. The molecule has 1 saturated carbocycles. The summed E-state index contributed by atoms with van der Waals surface area (Å²) in [6, 6.07) is 7.51. The number of carbonyl (C=O) groups is 2. The Labute approximate surface area is 135 Å². The minimum atomic E-state index is -0.984. The lowest BCUT2D eigenvalue weighted by Crippen LogP contribution is -2.41. The van der Waals surface area contributed by atoms with Crippen molar-refractivity contribution < 1.29 is 14.7 Å². The number of aliphatic carboxylic acids is 1. The van der Waals surface area contributed by atoms with E-state index in [1.165, 1.54) is 4.90 Å². The van der Waals surface area contributed by atoms with Gasteiger partial charge >= 0.3 is 5.97 Å². The van der Waals surface area contributed by atoms with Crippen LogP contribution in [-0.2, 0) is 9.59 Å². The van der Waals surface area contributed by atoms with Crippen LogP contribution in [0.15, 0.2) is 24.3 Å². The molecule has 0 spiro atoms. The van der Waals surface area contributed by atoms with Crippen LogP contribution >= 0.6 is 11.6 Å². The Balaban J connectivity index is 2.02. The Morgan fingerprint density at radius 1 is 1.27 bits per heavy atom. The van der Waals surface area contributed by atoms with Crippen molar-refractivity contribution in [2.24, 2.45) is 5.92 Å². The van der Waals surface area contributed by atoms with E-state index in [0.717, 1.165) is 12.0 Å². The number of carbonyl (C=O) groups excluding carboxylic acids is 1. The van der Waals surface area contributed by atoms with Crippen molar-refractivity contribution in [1.82, 2.24) is 9.80 Å². The molecule has 0 aliphatic heterocycles. The number of benzene rings is 1. The molecular formula is C16H21ClN2O3. The first-order valence-electron chi connectivity index (χ1n) is 7.30. The Hall–Kier alpha value is -1.59. The summed E-state index contributed by atoms with van der Waals surface area (Å²) in [7, 11) is 3.79. The van der Waals surface area contributed by atoms with E-state index in [0.29, 0.717) is 18.1 Å². The maximum absolute atomic E-state index is 12.5. The van der Waals surface area contributed by atoms with E-state index in [-0.39, 0.29) is 24.3 Å². The molecule has 0 heterocycles. The molecule has 0 bridgehead atoms. The second-order valence-corrected chi connectivity index (χ2v) is 6.33. The molecule has 1 aromatic rings. The van der Waals surface area contributed by atoms with Gasteiger partial charge in [-0.1, -0.05) is 29.8 Å². The van der Waals surface area contributed by atoms with Crippen molar-refractivity contribution in [3.05, 3.63) is 34.9 Å². The van der Waals surface area contributed by atoms with Gasteiger partial charge < -0.3 is 14.9 Å². The van der Waals surface area contributed by atoms with E-state index in [9.17, 15) is 9.59 Å². The predicted octanol–water partition coefficient (Wildman–Crippen LogP) is 1.92. The van der Waals surface area contributed by atoms with E-state index in [1.54, 1.807) is 0 Å². The third-order valence-corrected chi connectivity index (χ3v) is 4.21. The Bertz CT molecular complexity index is 562. The second kappa shape index (κ2) is 7.11. The molecule has 1 aliphatic carbocycles. The molecule has 1 fully saturated rings. The summed E-state index contributed by atoms with van der Waals surface area (Å²) in [5, 5.41) is 9.67. The molecule has 0 radical (unpaired) electrons. The predicted molar refractivity (Wildman–Crippen MR) is 85.1 cm³/mol. The van der Waals surface area contributed by atoms with Gasteiger partial charge in [-0.05, 0) is 38.1 Å². The van der Waals surface area contributed by atoms with Gasteiger partial charge in [-0.25, -0.2) is 0 Å². The van der Waals surface area contributed by atoms with Crippen LogP contribution in [0, 0.1) is 5.92 Å². The molecule has 22 heavy (non-hydrogen) atoms.